The van der Waals surface area contributed by atoms with E-state index in [1.165, 1.54) is 50.2 Å². The van der Waals surface area contributed by atoms with Gasteiger partial charge in [0, 0.05) is 17.6 Å². The van der Waals surface area contributed by atoms with Gasteiger partial charge in [-0.25, -0.2) is 9.78 Å². The van der Waals surface area contributed by atoms with Crippen molar-refractivity contribution < 1.29 is 9.90 Å². The first-order valence-electron chi connectivity index (χ1n) is 8.33. The lowest BCUT2D eigenvalue weighted by molar-refractivity contribution is 0.0888. The highest BCUT2D eigenvalue weighted by molar-refractivity contribution is 7.18. The molecule has 0 radical (unpaired) electrons. The molecule has 1 saturated heterocycles. The Morgan fingerprint density at radius 2 is 2.04 bits per heavy atom. The van der Waals surface area contributed by atoms with Crippen molar-refractivity contribution in [1.82, 2.24) is 9.88 Å². The lowest BCUT2D eigenvalue weighted by atomic mass is 9.79. The number of anilines is 1. The van der Waals surface area contributed by atoms with Crippen molar-refractivity contribution in [2.45, 2.75) is 44.1 Å². The topological polar surface area (TPSA) is 65.5 Å². The van der Waals surface area contributed by atoms with Crippen LogP contribution in [0.3, 0.4) is 0 Å². The molecule has 6 heteroatoms. The smallest absolute Gasteiger partial charge is 0.409 e. The van der Waals surface area contributed by atoms with E-state index in [1.807, 2.05) is 12.1 Å². The lowest BCUT2D eigenvalue weighted by Gasteiger charge is -2.43. The van der Waals surface area contributed by atoms with E-state index in [9.17, 15) is 4.79 Å². The van der Waals surface area contributed by atoms with Gasteiger partial charge < -0.3 is 10.0 Å². The van der Waals surface area contributed by atoms with Gasteiger partial charge in [-0.1, -0.05) is 6.42 Å². The van der Waals surface area contributed by atoms with Crippen molar-refractivity contribution in [3.63, 3.8) is 0 Å². The summed E-state index contributed by atoms with van der Waals surface area (Å²) in [5, 5.41) is 12.4. The molecule has 2 aromatic rings. The fraction of sp³-hybridized carbons (Fsp3) is 0.529. The highest BCUT2D eigenvalue weighted by Gasteiger charge is 2.36. The second kappa shape index (κ2) is 6.09. The fourth-order valence-corrected chi connectivity index (χ4v) is 4.82. The van der Waals surface area contributed by atoms with E-state index in [0.717, 1.165) is 16.3 Å². The summed E-state index contributed by atoms with van der Waals surface area (Å²) in [6.07, 6.45) is 5.50. The van der Waals surface area contributed by atoms with Crippen LogP contribution in [0.4, 0.5) is 10.5 Å². The summed E-state index contributed by atoms with van der Waals surface area (Å²) in [7, 11) is 0. The SMILES string of the molecule is O=C(O)Nc1ccc2nc(C3CC(N4CCCCC4)C3)sc2c1. The molecule has 122 valence electrons. The number of benzene rings is 1. The van der Waals surface area contributed by atoms with Crippen molar-refractivity contribution in [2.75, 3.05) is 18.4 Å². The number of fused-ring (bicyclic) bond motifs is 1. The first kappa shape index (κ1) is 14.9. The van der Waals surface area contributed by atoms with Gasteiger partial charge in [-0.05, 0) is 57.0 Å². The third-order valence-corrected chi connectivity index (χ3v) is 6.21. The molecule has 4 rings (SSSR count). The Kier molecular flexibility index (Phi) is 3.95. The van der Waals surface area contributed by atoms with E-state index in [1.54, 1.807) is 17.4 Å². The van der Waals surface area contributed by atoms with Crippen molar-refractivity contribution in [2.24, 2.45) is 0 Å². The summed E-state index contributed by atoms with van der Waals surface area (Å²) in [5.41, 5.74) is 1.59. The van der Waals surface area contributed by atoms with Gasteiger partial charge in [0.25, 0.3) is 0 Å². The molecule has 1 aromatic heterocycles. The van der Waals surface area contributed by atoms with Gasteiger partial charge in [0.05, 0.1) is 15.2 Å². The molecule has 23 heavy (non-hydrogen) atoms. The zero-order valence-electron chi connectivity index (χ0n) is 13.0. The van der Waals surface area contributed by atoms with Crippen LogP contribution in [0, 0.1) is 0 Å². The number of carbonyl (C=O) groups is 1. The number of aromatic nitrogens is 1. The molecule has 1 aliphatic carbocycles. The molecule has 1 amide bonds. The van der Waals surface area contributed by atoms with Crippen LogP contribution < -0.4 is 5.32 Å². The maximum Gasteiger partial charge on any atom is 0.409 e. The largest absolute Gasteiger partial charge is 0.465 e. The summed E-state index contributed by atoms with van der Waals surface area (Å²) < 4.78 is 1.06. The number of nitrogens with zero attached hydrogens (tertiary/aromatic N) is 2. The highest BCUT2D eigenvalue weighted by Crippen LogP contribution is 2.43. The van der Waals surface area contributed by atoms with E-state index in [4.69, 9.17) is 10.1 Å². The Labute approximate surface area is 139 Å². The minimum atomic E-state index is -1.03. The maximum atomic E-state index is 10.7. The van der Waals surface area contributed by atoms with Gasteiger partial charge >= 0.3 is 6.09 Å². The zero-order chi connectivity index (χ0) is 15.8. The number of rotatable bonds is 3. The standard InChI is InChI=1S/C17H21N3O2S/c21-17(22)18-12-4-5-14-15(10-12)23-16(19-14)11-8-13(9-11)20-6-2-1-3-7-20/h4-5,10-11,13,18H,1-3,6-9H2,(H,21,22). The van der Waals surface area contributed by atoms with E-state index in [2.05, 4.69) is 10.2 Å². The Morgan fingerprint density at radius 3 is 2.78 bits per heavy atom. The molecule has 0 unspecified atom stereocenters. The summed E-state index contributed by atoms with van der Waals surface area (Å²) in [5.74, 6) is 0.579. The molecule has 2 aliphatic rings. The Balaban J connectivity index is 1.44. The van der Waals surface area contributed by atoms with Crippen LogP contribution in [-0.4, -0.2) is 40.2 Å². The van der Waals surface area contributed by atoms with Crippen molar-refractivity contribution in [3.8, 4) is 0 Å². The molecule has 0 spiro atoms. The minimum absolute atomic E-state index is 0.579. The predicted molar refractivity (Wildman–Crippen MR) is 92.5 cm³/mol. The number of amides is 1. The number of hydrogen-bond donors (Lipinski definition) is 2. The van der Waals surface area contributed by atoms with E-state index in [-0.39, 0.29) is 0 Å². The van der Waals surface area contributed by atoms with Gasteiger partial charge in [-0.2, -0.15) is 0 Å². The number of nitrogens with one attached hydrogen (secondary N) is 1. The molecule has 1 saturated carbocycles. The predicted octanol–water partition coefficient (Wildman–Crippen LogP) is 4.12. The number of carboxylic acid groups (broad SMARTS) is 1. The fourth-order valence-electron chi connectivity index (χ4n) is 3.69. The van der Waals surface area contributed by atoms with Crippen molar-refractivity contribution >= 4 is 33.3 Å². The Bertz CT molecular complexity index is 718. The quantitative estimate of drug-likeness (QED) is 0.888. The first-order valence-corrected chi connectivity index (χ1v) is 9.15. The van der Waals surface area contributed by atoms with Crippen LogP contribution in [-0.2, 0) is 0 Å². The minimum Gasteiger partial charge on any atom is -0.465 e. The monoisotopic (exact) mass is 331 g/mol. The Hall–Kier alpha value is -1.66. The van der Waals surface area contributed by atoms with E-state index < -0.39 is 6.09 Å². The summed E-state index contributed by atoms with van der Waals surface area (Å²) in [6.45, 7) is 2.53. The second-order valence-corrected chi connectivity index (χ2v) is 7.65. The third-order valence-electron chi connectivity index (χ3n) is 5.03. The average molecular weight is 331 g/mol. The normalized spacial score (nSPS) is 25.2. The van der Waals surface area contributed by atoms with E-state index >= 15 is 0 Å². The molecule has 0 atom stereocenters. The second-order valence-electron chi connectivity index (χ2n) is 6.58. The van der Waals surface area contributed by atoms with Crippen LogP contribution in [0.2, 0.25) is 0 Å². The lowest BCUT2D eigenvalue weighted by Crippen LogP contribution is -2.46. The van der Waals surface area contributed by atoms with E-state index in [0.29, 0.717) is 11.6 Å². The number of likely N-dealkylation sites (tertiary alicyclic amines) is 1. The van der Waals surface area contributed by atoms with Crippen LogP contribution in [0.5, 0.6) is 0 Å². The first-order chi connectivity index (χ1) is 11.2. The molecular weight excluding hydrogens is 310 g/mol. The molecule has 1 aromatic carbocycles. The van der Waals surface area contributed by atoms with Crippen LogP contribution in [0.25, 0.3) is 10.2 Å². The van der Waals surface area contributed by atoms with Gasteiger partial charge in [-0.3, -0.25) is 5.32 Å². The summed E-state index contributed by atoms with van der Waals surface area (Å²) in [6, 6.07) is 6.31. The molecular formula is C17H21N3O2S. The van der Waals surface area contributed by atoms with Crippen molar-refractivity contribution in [3.05, 3.63) is 23.2 Å². The van der Waals surface area contributed by atoms with Gasteiger partial charge in [0.15, 0.2) is 0 Å². The highest BCUT2D eigenvalue weighted by atomic mass is 32.1. The molecule has 2 N–H and O–H groups in total. The molecule has 2 heterocycles. The van der Waals surface area contributed by atoms with Crippen LogP contribution in [0.15, 0.2) is 18.2 Å². The Morgan fingerprint density at radius 1 is 1.26 bits per heavy atom. The molecule has 0 bridgehead atoms. The average Bonchev–Trinajstić information content (AvgIpc) is 2.89. The van der Waals surface area contributed by atoms with Gasteiger partial charge in [0.1, 0.15) is 0 Å². The van der Waals surface area contributed by atoms with Gasteiger partial charge in [-0.15, -0.1) is 11.3 Å². The van der Waals surface area contributed by atoms with Crippen LogP contribution >= 0.6 is 11.3 Å². The number of piperidine rings is 1. The number of hydrogen-bond acceptors (Lipinski definition) is 4. The maximum absolute atomic E-state index is 10.7. The van der Waals surface area contributed by atoms with Gasteiger partial charge in [0.2, 0.25) is 0 Å². The third kappa shape index (κ3) is 3.05. The molecule has 1 aliphatic heterocycles. The van der Waals surface area contributed by atoms with Crippen LogP contribution in [0.1, 0.15) is 43.0 Å². The molecule has 2 fully saturated rings. The molecule has 5 nitrogen and oxygen atoms in total. The van der Waals surface area contributed by atoms with Crippen molar-refractivity contribution in [1.29, 1.82) is 0 Å². The summed E-state index contributed by atoms with van der Waals surface area (Å²) in [4.78, 5) is 18.1. The number of thiazole rings is 1. The zero-order valence-corrected chi connectivity index (χ0v) is 13.8. The summed E-state index contributed by atoms with van der Waals surface area (Å²) >= 11 is 1.71.